The molecular weight excluding hydrogens is 364 g/mol. The van der Waals surface area contributed by atoms with Crippen molar-refractivity contribution in [2.24, 2.45) is 0 Å². The molecular formula is C19H18N4OS2. The molecule has 5 nitrogen and oxygen atoms in total. The molecule has 1 aromatic carbocycles. The lowest BCUT2D eigenvalue weighted by Gasteiger charge is -2.03. The van der Waals surface area contributed by atoms with Gasteiger partial charge in [-0.1, -0.05) is 18.2 Å². The van der Waals surface area contributed by atoms with Crippen molar-refractivity contribution >= 4 is 39.6 Å². The van der Waals surface area contributed by atoms with Gasteiger partial charge in [0, 0.05) is 18.3 Å². The van der Waals surface area contributed by atoms with Gasteiger partial charge in [-0.05, 0) is 30.0 Å². The molecule has 0 aliphatic rings. The average molecular weight is 383 g/mol. The summed E-state index contributed by atoms with van der Waals surface area (Å²) in [4.78, 5) is 25.6. The molecule has 0 bridgehead atoms. The number of carbonyl (C=O) groups excluding carboxylic acids is 1. The number of thiazole rings is 1. The van der Waals surface area contributed by atoms with Gasteiger partial charge in [-0.3, -0.25) is 4.79 Å². The largest absolute Gasteiger partial charge is 0.356 e. The number of amides is 1. The summed E-state index contributed by atoms with van der Waals surface area (Å²) in [7, 11) is 0. The van der Waals surface area contributed by atoms with Gasteiger partial charge in [-0.25, -0.2) is 9.97 Å². The number of aromatic nitrogens is 3. The van der Waals surface area contributed by atoms with Crippen LogP contribution in [0.15, 0.2) is 47.2 Å². The van der Waals surface area contributed by atoms with E-state index in [0.717, 1.165) is 45.3 Å². The number of nitrogens with one attached hydrogen (secondary N) is 2. The number of aromatic amines is 1. The number of para-hydroxylation sites is 2. The fraction of sp³-hybridized carbons (Fsp3) is 0.211. The van der Waals surface area contributed by atoms with Gasteiger partial charge < -0.3 is 10.3 Å². The number of aryl methyl sites for hydroxylation is 1. The van der Waals surface area contributed by atoms with Gasteiger partial charge in [0.05, 0.1) is 28.0 Å². The highest BCUT2D eigenvalue weighted by Crippen LogP contribution is 2.27. The van der Waals surface area contributed by atoms with Crippen LogP contribution in [0.3, 0.4) is 0 Å². The number of rotatable bonds is 7. The first-order valence-electron chi connectivity index (χ1n) is 8.46. The van der Waals surface area contributed by atoms with Gasteiger partial charge in [0.2, 0.25) is 5.91 Å². The topological polar surface area (TPSA) is 70.7 Å². The highest BCUT2D eigenvalue weighted by molar-refractivity contribution is 7.20. The molecule has 2 N–H and O–H groups in total. The van der Waals surface area contributed by atoms with Gasteiger partial charge in [-0.15, -0.1) is 22.7 Å². The van der Waals surface area contributed by atoms with Gasteiger partial charge in [-0.2, -0.15) is 0 Å². The number of benzene rings is 1. The van der Waals surface area contributed by atoms with Crippen LogP contribution < -0.4 is 5.32 Å². The van der Waals surface area contributed by atoms with E-state index >= 15 is 0 Å². The summed E-state index contributed by atoms with van der Waals surface area (Å²) in [6.45, 7) is 0.637. The number of carbonyl (C=O) groups is 1. The van der Waals surface area contributed by atoms with Crippen molar-refractivity contribution in [2.45, 2.75) is 19.3 Å². The summed E-state index contributed by atoms with van der Waals surface area (Å²) >= 11 is 3.25. The molecule has 7 heteroatoms. The summed E-state index contributed by atoms with van der Waals surface area (Å²) in [5.41, 5.74) is 2.86. The Labute approximate surface area is 159 Å². The fourth-order valence-electron chi connectivity index (χ4n) is 2.74. The van der Waals surface area contributed by atoms with E-state index in [4.69, 9.17) is 0 Å². The van der Waals surface area contributed by atoms with E-state index in [0.29, 0.717) is 13.0 Å². The summed E-state index contributed by atoms with van der Waals surface area (Å²) in [5.74, 6) is 0.971. The maximum Gasteiger partial charge on any atom is 0.226 e. The van der Waals surface area contributed by atoms with Crippen LogP contribution in [0.25, 0.3) is 20.9 Å². The van der Waals surface area contributed by atoms with Crippen molar-refractivity contribution in [3.8, 4) is 9.88 Å². The molecule has 0 spiro atoms. The van der Waals surface area contributed by atoms with Crippen molar-refractivity contribution in [1.82, 2.24) is 20.3 Å². The number of thiophene rings is 1. The minimum Gasteiger partial charge on any atom is -0.356 e. The minimum atomic E-state index is 0.0117. The molecule has 0 aliphatic carbocycles. The maximum absolute atomic E-state index is 12.1. The number of hydrogen-bond donors (Lipinski definition) is 2. The Morgan fingerprint density at radius 3 is 2.88 bits per heavy atom. The molecule has 3 heterocycles. The molecule has 132 valence electrons. The number of H-pyrrole nitrogens is 1. The second-order valence-electron chi connectivity index (χ2n) is 5.95. The SMILES string of the molecule is O=C(Cc1csc(-c2cccs2)n1)NCCCc1nc2ccccc2[nH]1. The van der Waals surface area contributed by atoms with Gasteiger partial charge in [0.15, 0.2) is 0 Å². The Morgan fingerprint density at radius 1 is 1.12 bits per heavy atom. The molecule has 0 fully saturated rings. The quantitative estimate of drug-likeness (QED) is 0.474. The van der Waals surface area contributed by atoms with Gasteiger partial charge >= 0.3 is 0 Å². The molecule has 0 radical (unpaired) electrons. The van der Waals surface area contributed by atoms with Crippen LogP contribution >= 0.6 is 22.7 Å². The first-order valence-corrected chi connectivity index (χ1v) is 10.2. The molecule has 0 aliphatic heterocycles. The Morgan fingerprint density at radius 2 is 2.04 bits per heavy atom. The average Bonchev–Trinajstić information content (AvgIpc) is 3.37. The molecule has 4 aromatic rings. The summed E-state index contributed by atoms with van der Waals surface area (Å²) in [6, 6.07) is 12.0. The smallest absolute Gasteiger partial charge is 0.226 e. The molecule has 0 saturated heterocycles. The maximum atomic E-state index is 12.1. The lowest BCUT2D eigenvalue weighted by Crippen LogP contribution is -2.26. The highest BCUT2D eigenvalue weighted by atomic mass is 32.1. The predicted molar refractivity (Wildman–Crippen MR) is 107 cm³/mol. The van der Waals surface area contributed by atoms with Crippen LogP contribution in [0.5, 0.6) is 0 Å². The van der Waals surface area contributed by atoms with Crippen molar-refractivity contribution in [3.05, 3.63) is 58.7 Å². The number of hydrogen-bond acceptors (Lipinski definition) is 5. The van der Waals surface area contributed by atoms with E-state index in [9.17, 15) is 4.79 Å². The van der Waals surface area contributed by atoms with Crippen LogP contribution in [0.2, 0.25) is 0 Å². The first-order chi connectivity index (χ1) is 12.8. The zero-order valence-corrected chi connectivity index (χ0v) is 15.7. The van der Waals surface area contributed by atoms with Crippen LogP contribution in [-0.2, 0) is 17.6 Å². The fourth-order valence-corrected chi connectivity index (χ4v) is 4.37. The Kier molecular flexibility index (Phi) is 5.08. The summed E-state index contributed by atoms with van der Waals surface area (Å²) < 4.78 is 0. The second kappa shape index (κ2) is 7.80. The van der Waals surface area contributed by atoms with E-state index in [1.807, 2.05) is 47.2 Å². The monoisotopic (exact) mass is 382 g/mol. The first kappa shape index (κ1) is 16.9. The van der Waals surface area contributed by atoms with Crippen LogP contribution in [0.4, 0.5) is 0 Å². The zero-order chi connectivity index (χ0) is 17.8. The second-order valence-corrected chi connectivity index (χ2v) is 7.76. The number of fused-ring (bicyclic) bond motifs is 1. The molecule has 26 heavy (non-hydrogen) atoms. The lowest BCUT2D eigenvalue weighted by molar-refractivity contribution is -0.120. The predicted octanol–water partition coefficient (Wildman–Crippen LogP) is 4.04. The summed E-state index contributed by atoms with van der Waals surface area (Å²) in [6.07, 6.45) is 1.99. The van der Waals surface area contributed by atoms with Crippen molar-refractivity contribution in [3.63, 3.8) is 0 Å². The third kappa shape index (κ3) is 4.00. The van der Waals surface area contributed by atoms with Crippen molar-refractivity contribution in [1.29, 1.82) is 0 Å². The van der Waals surface area contributed by atoms with E-state index < -0.39 is 0 Å². The highest BCUT2D eigenvalue weighted by Gasteiger charge is 2.09. The van der Waals surface area contributed by atoms with Gasteiger partial charge in [0.25, 0.3) is 0 Å². The van der Waals surface area contributed by atoms with Crippen LogP contribution in [0, 0.1) is 0 Å². The van der Waals surface area contributed by atoms with Crippen LogP contribution in [0.1, 0.15) is 17.9 Å². The third-order valence-electron chi connectivity index (χ3n) is 3.98. The van der Waals surface area contributed by atoms with E-state index in [2.05, 4.69) is 20.3 Å². The normalized spacial score (nSPS) is 11.1. The Hall–Kier alpha value is -2.51. The molecule has 0 saturated carbocycles. The Balaban J connectivity index is 1.23. The summed E-state index contributed by atoms with van der Waals surface area (Å²) in [5, 5.41) is 7.94. The van der Waals surface area contributed by atoms with E-state index in [-0.39, 0.29) is 5.91 Å². The van der Waals surface area contributed by atoms with E-state index in [1.165, 1.54) is 0 Å². The van der Waals surface area contributed by atoms with E-state index in [1.54, 1.807) is 22.7 Å². The Bertz CT molecular complexity index is 971. The lowest BCUT2D eigenvalue weighted by atomic mass is 10.3. The molecule has 1 amide bonds. The standard InChI is InChI=1S/C19H18N4OS2/c24-18(11-13-12-26-19(21-13)16-7-4-10-25-16)20-9-3-8-17-22-14-5-1-2-6-15(14)23-17/h1-2,4-7,10,12H,3,8-9,11H2,(H,20,24)(H,22,23). The zero-order valence-electron chi connectivity index (χ0n) is 14.1. The third-order valence-corrected chi connectivity index (χ3v) is 5.91. The van der Waals surface area contributed by atoms with Crippen molar-refractivity contribution < 1.29 is 4.79 Å². The molecule has 0 unspecified atom stereocenters. The molecule has 3 aromatic heterocycles. The molecule has 4 rings (SSSR count). The number of nitrogens with zero attached hydrogens (tertiary/aromatic N) is 2. The van der Waals surface area contributed by atoms with Crippen molar-refractivity contribution in [2.75, 3.05) is 6.54 Å². The van der Waals surface area contributed by atoms with Crippen LogP contribution in [-0.4, -0.2) is 27.4 Å². The minimum absolute atomic E-state index is 0.0117. The van der Waals surface area contributed by atoms with Gasteiger partial charge in [0.1, 0.15) is 10.8 Å². The number of imidazole rings is 1. The molecule has 0 atom stereocenters.